The number of likely N-dealkylation sites (N-methyl/N-ethyl adjacent to an activating group) is 2. The molecular weight excluding hydrogens is 558 g/mol. The minimum absolute atomic E-state index is 0.0827. The maximum atomic E-state index is 13.7. The van der Waals surface area contributed by atoms with E-state index in [0.29, 0.717) is 5.92 Å². The van der Waals surface area contributed by atoms with Gasteiger partial charge in [-0.2, -0.15) is 0 Å². The van der Waals surface area contributed by atoms with Crippen molar-refractivity contribution in [3.63, 3.8) is 0 Å². The van der Waals surface area contributed by atoms with Crippen molar-refractivity contribution in [2.24, 2.45) is 5.92 Å². The number of carbonyl (C=O) groups excluding carboxylic acids is 1. The highest BCUT2D eigenvalue weighted by atomic mass is 32.2. The monoisotopic (exact) mass is 607 g/mol. The Morgan fingerprint density at radius 3 is 2.54 bits per heavy atom. The van der Waals surface area contributed by atoms with E-state index < -0.39 is 35.9 Å². The van der Waals surface area contributed by atoms with Crippen molar-refractivity contribution in [2.75, 3.05) is 39.5 Å². The summed E-state index contributed by atoms with van der Waals surface area (Å²) in [5, 5.41) is 35.2. The number of nitrogens with zero attached hydrogens (tertiary/aromatic N) is 2. The summed E-state index contributed by atoms with van der Waals surface area (Å²) in [6.45, 7) is 10.4. The van der Waals surface area contributed by atoms with Crippen LogP contribution in [0, 0.1) is 5.92 Å². The smallest absolute Gasteiger partial charge is 0.237 e. The number of thioether (sulfide) groups is 2. The van der Waals surface area contributed by atoms with Crippen LogP contribution in [-0.4, -0.2) is 118 Å². The summed E-state index contributed by atoms with van der Waals surface area (Å²) in [5.41, 5.74) is 1.87. The fraction of sp³-hybridized carbons (Fsp3) is 0.710. The molecule has 1 aromatic rings. The van der Waals surface area contributed by atoms with Gasteiger partial charge in [-0.25, -0.2) is 0 Å². The van der Waals surface area contributed by atoms with E-state index in [4.69, 9.17) is 4.74 Å². The van der Waals surface area contributed by atoms with Gasteiger partial charge in [0.1, 0.15) is 29.9 Å². The van der Waals surface area contributed by atoms with Crippen LogP contribution in [0.15, 0.2) is 35.2 Å². The molecule has 0 radical (unpaired) electrons. The molecule has 0 aliphatic carbocycles. The van der Waals surface area contributed by atoms with Gasteiger partial charge in [-0.05, 0) is 68.3 Å². The predicted molar refractivity (Wildman–Crippen MR) is 168 cm³/mol. The molecule has 1 unspecified atom stereocenters. The zero-order chi connectivity index (χ0) is 29.7. The number of benzene rings is 1. The molecule has 0 saturated carbocycles. The second kappa shape index (κ2) is 15.1. The van der Waals surface area contributed by atoms with Gasteiger partial charge >= 0.3 is 0 Å². The third-order valence-corrected chi connectivity index (χ3v) is 10.9. The molecule has 8 nitrogen and oxygen atoms in total. The first-order valence-electron chi connectivity index (χ1n) is 15.1. The second-order valence-electron chi connectivity index (χ2n) is 11.8. The van der Waals surface area contributed by atoms with E-state index in [1.807, 2.05) is 14.0 Å². The predicted octanol–water partition coefficient (Wildman–Crippen LogP) is 3.05. The number of hydrogen-bond donors (Lipinski definition) is 4. The summed E-state index contributed by atoms with van der Waals surface area (Å²) in [6, 6.07) is 7.71. The molecule has 3 aliphatic heterocycles. The Bertz CT molecular complexity index is 1030. The summed E-state index contributed by atoms with van der Waals surface area (Å²) < 4.78 is 6.17. The highest BCUT2D eigenvalue weighted by Crippen LogP contribution is 2.35. The van der Waals surface area contributed by atoms with Gasteiger partial charge in [0.15, 0.2) is 0 Å². The van der Waals surface area contributed by atoms with Crippen molar-refractivity contribution >= 4 is 35.0 Å². The lowest BCUT2D eigenvalue weighted by Crippen LogP contribution is -2.65. The fourth-order valence-corrected chi connectivity index (χ4v) is 8.21. The fourth-order valence-electron chi connectivity index (χ4n) is 6.44. The summed E-state index contributed by atoms with van der Waals surface area (Å²) in [5.74, 6) is 0.406. The van der Waals surface area contributed by atoms with Crippen molar-refractivity contribution in [3.8, 4) is 0 Å². The summed E-state index contributed by atoms with van der Waals surface area (Å²) in [6.07, 6.45) is 3.40. The normalized spacial score (nSPS) is 32.9. The first-order chi connectivity index (χ1) is 19.7. The SMILES string of the molecule is CCC[C@@H]1C[C@@H](C(=O)NC([C@H]2O[C@H](SC)[C@H](O)[C@@H](O)[C@H]2O)[C@@H](C)Sc2ccc(C3=CCCN(CC)C3)cc2)N(C)C1. The van der Waals surface area contributed by atoms with Gasteiger partial charge in [-0.3, -0.25) is 14.6 Å². The molecular formula is C31H49N3O5S2. The minimum atomic E-state index is -1.36. The molecule has 0 aromatic heterocycles. The van der Waals surface area contributed by atoms with E-state index in [1.54, 1.807) is 18.0 Å². The van der Waals surface area contributed by atoms with Gasteiger partial charge in [0.2, 0.25) is 5.91 Å². The Morgan fingerprint density at radius 2 is 1.88 bits per heavy atom. The quantitative estimate of drug-likeness (QED) is 0.283. The van der Waals surface area contributed by atoms with Crippen molar-refractivity contribution in [1.29, 1.82) is 0 Å². The molecule has 1 amide bonds. The van der Waals surface area contributed by atoms with E-state index in [2.05, 4.69) is 59.3 Å². The molecule has 0 spiro atoms. The van der Waals surface area contributed by atoms with Crippen LogP contribution in [-0.2, 0) is 9.53 Å². The number of nitrogens with one attached hydrogen (secondary N) is 1. The zero-order valence-electron chi connectivity index (χ0n) is 25.1. The lowest BCUT2D eigenvalue weighted by Gasteiger charge is -2.44. The van der Waals surface area contributed by atoms with Crippen LogP contribution in [0.3, 0.4) is 0 Å². The number of amides is 1. The Labute approximate surface area is 254 Å². The maximum Gasteiger partial charge on any atom is 0.237 e. The number of carbonyl (C=O) groups is 1. The average Bonchev–Trinajstić information content (AvgIpc) is 3.35. The van der Waals surface area contributed by atoms with E-state index in [9.17, 15) is 20.1 Å². The standard InChI is InChI=1S/C31H49N3O5S2/c1-6-9-20-16-24(33(4)17-20)30(38)32-25(29-27(36)26(35)28(37)31(39-29)40-5)19(3)41-23-13-11-21(12-14-23)22-10-8-15-34(7-2)18-22/h10-14,19-20,24-29,31,35-37H,6-9,15-18H2,1-5H3,(H,32,38)/t19-,20-,24+,25?,26+,27-,28-,29-,31-/m1/s1. The summed E-state index contributed by atoms with van der Waals surface area (Å²) >= 11 is 2.90. The molecule has 2 fully saturated rings. The average molecular weight is 608 g/mol. The number of rotatable bonds is 11. The molecule has 3 heterocycles. The van der Waals surface area contributed by atoms with E-state index in [0.717, 1.165) is 56.8 Å². The molecule has 0 bridgehead atoms. The van der Waals surface area contributed by atoms with Crippen LogP contribution in [0.25, 0.3) is 5.57 Å². The summed E-state index contributed by atoms with van der Waals surface area (Å²) in [7, 11) is 1.99. The number of likely N-dealkylation sites (tertiary alicyclic amines) is 1. The second-order valence-corrected chi connectivity index (χ2v) is 14.2. The van der Waals surface area contributed by atoms with Crippen LogP contribution in [0.5, 0.6) is 0 Å². The van der Waals surface area contributed by atoms with E-state index in [1.165, 1.54) is 22.9 Å². The first-order valence-corrected chi connectivity index (χ1v) is 17.2. The van der Waals surface area contributed by atoms with Crippen molar-refractivity contribution in [2.45, 2.75) is 98.5 Å². The number of aliphatic hydroxyl groups is 3. The topological polar surface area (TPSA) is 106 Å². The third-order valence-electron chi connectivity index (χ3n) is 8.87. The van der Waals surface area contributed by atoms with Crippen LogP contribution < -0.4 is 5.32 Å². The molecule has 2 saturated heterocycles. The first kappa shape index (κ1) is 32.8. The Balaban J connectivity index is 1.52. The summed E-state index contributed by atoms with van der Waals surface area (Å²) in [4.78, 5) is 19.3. The van der Waals surface area contributed by atoms with Crippen molar-refractivity contribution in [3.05, 3.63) is 35.9 Å². The Kier molecular flexibility index (Phi) is 12.0. The minimum Gasteiger partial charge on any atom is -0.388 e. The zero-order valence-corrected chi connectivity index (χ0v) is 26.7. The Hall–Kier alpha value is -1.11. The molecule has 1 aromatic carbocycles. The molecule has 4 rings (SSSR count). The maximum absolute atomic E-state index is 13.7. The van der Waals surface area contributed by atoms with Crippen molar-refractivity contribution in [1.82, 2.24) is 15.1 Å². The Morgan fingerprint density at radius 1 is 1.15 bits per heavy atom. The van der Waals surface area contributed by atoms with Crippen molar-refractivity contribution < 1.29 is 24.9 Å². The third kappa shape index (κ3) is 7.89. The molecule has 4 N–H and O–H groups in total. The largest absolute Gasteiger partial charge is 0.388 e. The van der Waals surface area contributed by atoms with E-state index >= 15 is 0 Å². The molecule has 10 heteroatoms. The lowest BCUT2D eigenvalue weighted by molar-refractivity contribution is -0.205. The van der Waals surface area contributed by atoms with Gasteiger partial charge in [0, 0.05) is 29.8 Å². The van der Waals surface area contributed by atoms with Crippen LogP contribution in [0.1, 0.15) is 52.0 Å². The van der Waals surface area contributed by atoms with Gasteiger partial charge in [0.05, 0.1) is 12.1 Å². The van der Waals surface area contributed by atoms with Crippen LogP contribution in [0.4, 0.5) is 0 Å². The molecule has 3 aliphatic rings. The molecule has 41 heavy (non-hydrogen) atoms. The van der Waals surface area contributed by atoms with Gasteiger partial charge in [-0.1, -0.05) is 45.4 Å². The number of hydrogen-bond acceptors (Lipinski definition) is 9. The highest BCUT2D eigenvalue weighted by molar-refractivity contribution is 8.00. The lowest BCUT2D eigenvalue weighted by atomic mass is 9.92. The van der Waals surface area contributed by atoms with E-state index in [-0.39, 0.29) is 17.2 Å². The van der Waals surface area contributed by atoms with Gasteiger partial charge < -0.3 is 25.4 Å². The molecule has 230 valence electrons. The molecule has 9 atom stereocenters. The number of ether oxygens (including phenoxy) is 1. The number of aliphatic hydroxyl groups excluding tert-OH is 3. The van der Waals surface area contributed by atoms with Gasteiger partial charge in [0.25, 0.3) is 0 Å². The van der Waals surface area contributed by atoms with Crippen LogP contribution in [0.2, 0.25) is 0 Å². The van der Waals surface area contributed by atoms with Gasteiger partial charge in [-0.15, -0.1) is 23.5 Å². The van der Waals surface area contributed by atoms with Crippen LogP contribution >= 0.6 is 23.5 Å². The highest BCUT2D eigenvalue weighted by Gasteiger charge is 2.48.